The van der Waals surface area contributed by atoms with Crippen molar-refractivity contribution >= 4 is 40.4 Å². The van der Waals surface area contributed by atoms with Crippen LogP contribution in [0.3, 0.4) is 0 Å². The highest BCUT2D eigenvalue weighted by Crippen LogP contribution is 2.66. The van der Waals surface area contributed by atoms with Crippen LogP contribution in [0.4, 0.5) is 5.82 Å². The maximum Gasteiger partial charge on any atom is 0.490 e. The maximum atomic E-state index is 11.9. The largest absolute Gasteiger partial charge is 0.490 e. The Hall–Kier alpha value is -2.01. The summed E-state index contributed by atoms with van der Waals surface area (Å²) >= 11 is 0. The van der Waals surface area contributed by atoms with E-state index in [0.29, 0.717) is 0 Å². The van der Waals surface area contributed by atoms with Crippen LogP contribution in [0.5, 0.6) is 0 Å². The second-order valence-corrected chi connectivity index (χ2v) is 10.7. The molecule has 2 aromatic rings. The second kappa shape index (κ2) is 8.98. The van der Waals surface area contributed by atoms with Crippen LogP contribution in [0, 0.1) is 0 Å². The molecular formula is C10H15N8O12P3. The summed E-state index contributed by atoms with van der Waals surface area (Å²) in [7, 11) is -16.7. The number of nitrogen functional groups attached to an aromatic ring is 1. The van der Waals surface area contributed by atoms with Gasteiger partial charge in [0, 0.05) is 11.3 Å². The van der Waals surface area contributed by atoms with E-state index in [0.717, 1.165) is 17.2 Å². The number of anilines is 1. The van der Waals surface area contributed by atoms with Gasteiger partial charge in [0.2, 0.25) is 0 Å². The van der Waals surface area contributed by atoms with Gasteiger partial charge in [-0.05, 0) is 10.6 Å². The summed E-state index contributed by atoms with van der Waals surface area (Å²) < 4.78 is 52.2. The highest BCUT2D eigenvalue weighted by molar-refractivity contribution is 7.66. The molecule has 0 aromatic carbocycles. The van der Waals surface area contributed by atoms with Crippen molar-refractivity contribution in [2.24, 2.45) is 5.11 Å². The van der Waals surface area contributed by atoms with E-state index in [1.165, 1.54) is 0 Å². The van der Waals surface area contributed by atoms with Crippen molar-refractivity contribution in [3.63, 3.8) is 0 Å². The number of nitrogens with zero attached hydrogens (tertiary/aromatic N) is 7. The third-order valence-corrected chi connectivity index (χ3v) is 7.80. The van der Waals surface area contributed by atoms with Gasteiger partial charge in [0.15, 0.2) is 11.5 Å². The van der Waals surface area contributed by atoms with E-state index in [2.05, 4.69) is 38.1 Å². The summed E-state index contributed by atoms with van der Waals surface area (Å²) in [4.78, 5) is 50.1. The van der Waals surface area contributed by atoms with E-state index >= 15 is 0 Å². The molecule has 1 fully saturated rings. The minimum Gasteiger partial charge on any atom is -0.388 e. The molecule has 2 aromatic heterocycles. The van der Waals surface area contributed by atoms with Gasteiger partial charge in [-0.25, -0.2) is 28.6 Å². The predicted octanol–water partition coefficient (Wildman–Crippen LogP) is -0.178. The summed E-state index contributed by atoms with van der Waals surface area (Å²) in [6, 6.07) is 0. The maximum absolute atomic E-state index is 11.9. The summed E-state index contributed by atoms with van der Waals surface area (Å²) in [5, 5.41) is 14.0. The molecule has 0 radical (unpaired) electrons. The highest BCUT2D eigenvalue weighted by Gasteiger charge is 2.51. The molecule has 1 saturated heterocycles. The molecule has 33 heavy (non-hydrogen) atoms. The van der Waals surface area contributed by atoms with Crippen molar-refractivity contribution in [2.75, 3.05) is 12.3 Å². The van der Waals surface area contributed by atoms with E-state index in [4.69, 9.17) is 30.7 Å². The number of aromatic nitrogens is 4. The molecule has 1 aliphatic heterocycles. The van der Waals surface area contributed by atoms with Gasteiger partial charge in [0.1, 0.15) is 17.9 Å². The smallest absolute Gasteiger partial charge is 0.388 e. The number of ether oxygens (including phenoxy) is 1. The molecule has 3 heterocycles. The average molecular weight is 532 g/mol. The van der Waals surface area contributed by atoms with Crippen LogP contribution in [-0.4, -0.2) is 63.0 Å². The molecule has 0 bridgehead atoms. The Balaban J connectivity index is 1.79. The fourth-order valence-corrected chi connectivity index (χ4v) is 5.91. The first-order chi connectivity index (χ1) is 15.2. The molecule has 0 spiro atoms. The van der Waals surface area contributed by atoms with Crippen molar-refractivity contribution in [1.82, 2.24) is 19.5 Å². The second-order valence-electron chi connectivity index (χ2n) is 6.27. The molecule has 0 saturated carbocycles. The van der Waals surface area contributed by atoms with Crippen molar-refractivity contribution in [1.29, 1.82) is 0 Å². The van der Waals surface area contributed by atoms with Gasteiger partial charge in [-0.15, -0.1) is 0 Å². The van der Waals surface area contributed by atoms with Crippen LogP contribution in [0.1, 0.15) is 6.42 Å². The topological polar surface area (TPSA) is 308 Å². The zero-order valence-electron chi connectivity index (χ0n) is 15.9. The van der Waals surface area contributed by atoms with Crippen molar-refractivity contribution < 1.29 is 56.3 Å². The third-order valence-electron chi connectivity index (χ3n) is 3.99. The van der Waals surface area contributed by atoms with Gasteiger partial charge in [-0.1, -0.05) is 0 Å². The van der Waals surface area contributed by atoms with Crippen LogP contribution in [0.2, 0.25) is 0 Å². The first-order valence-corrected chi connectivity index (χ1v) is 12.8. The Bertz CT molecular complexity index is 1240. The number of nitrogens with two attached hydrogens (primary N) is 1. The molecule has 3 rings (SSSR count). The number of phosphoric acid groups is 3. The van der Waals surface area contributed by atoms with Gasteiger partial charge in [-0.3, -0.25) is 9.09 Å². The number of rotatable bonds is 9. The lowest BCUT2D eigenvalue weighted by Crippen LogP contribution is -2.40. The van der Waals surface area contributed by atoms with Gasteiger partial charge in [-0.2, -0.15) is 8.62 Å². The summed E-state index contributed by atoms with van der Waals surface area (Å²) in [5.74, 6) is -2.21. The lowest BCUT2D eigenvalue weighted by Gasteiger charge is -2.28. The Labute approximate surface area is 182 Å². The fraction of sp³-hybridized carbons (Fsp3) is 0.500. The van der Waals surface area contributed by atoms with Crippen LogP contribution >= 0.6 is 23.5 Å². The predicted molar refractivity (Wildman–Crippen MR) is 102 cm³/mol. The molecule has 7 N–H and O–H groups in total. The SMILES string of the molecule is [N-]=[N+]=N[C@@]1(n2cnc3c(N)ncnc32)O[C@H](COP(=O)(O)OP(=O)(O)OP(=O)(O)O)C[C@H]1O. The van der Waals surface area contributed by atoms with Gasteiger partial charge < -0.3 is 35.2 Å². The van der Waals surface area contributed by atoms with Gasteiger partial charge in [0.25, 0.3) is 5.85 Å². The van der Waals surface area contributed by atoms with E-state index in [-0.39, 0.29) is 23.4 Å². The van der Waals surface area contributed by atoms with E-state index < -0.39 is 48.1 Å². The molecule has 0 aliphatic carbocycles. The number of imidazole rings is 1. The number of hydrogen-bond donors (Lipinski definition) is 6. The minimum absolute atomic E-state index is 0.0162. The van der Waals surface area contributed by atoms with Crippen LogP contribution in [0.25, 0.3) is 21.6 Å². The zero-order chi connectivity index (χ0) is 24.7. The van der Waals surface area contributed by atoms with Crippen molar-refractivity contribution in [3.05, 3.63) is 23.1 Å². The van der Waals surface area contributed by atoms with Crippen LogP contribution in [-0.2, 0) is 37.4 Å². The quantitative estimate of drug-likeness (QED) is 0.106. The molecular weight excluding hydrogens is 517 g/mol. The summed E-state index contributed by atoms with van der Waals surface area (Å²) in [6.07, 6.45) is -1.02. The minimum atomic E-state index is -5.71. The first-order valence-electron chi connectivity index (χ1n) is 8.32. The summed E-state index contributed by atoms with van der Waals surface area (Å²) in [6.45, 7) is -0.882. The highest BCUT2D eigenvalue weighted by atomic mass is 31.3. The molecule has 1 aliphatic rings. The Morgan fingerprint density at radius 1 is 1.24 bits per heavy atom. The molecule has 20 nitrogen and oxygen atoms in total. The number of fused-ring (bicyclic) bond motifs is 1. The number of aliphatic hydroxyl groups excluding tert-OH is 1. The van der Waals surface area contributed by atoms with Crippen LogP contribution in [0.15, 0.2) is 17.8 Å². The normalized spacial score (nSPS) is 27.1. The van der Waals surface area contributed by atoms with E-state index in [9.17, 15) is 23.7 Å². The van der Waals surface area contributed by atoms with E-state index in [1.807, 2.05) is 0 Å². The molecule has 5 atom stereocenters. The Morgan fingerprint density at radius 2 is 1.94 bits per heavy atom. The lowest BCUT2D eigenvalue weighted by molar-refractivity contribution is -0.140. The van der Waals surface area contributed by atoms with Crippen LogP contribution < -0.4 is 5.73 Å². The average Bonchev–Trinajstić information content (AvgIpc) is 3.21. The van der Waals surface area contributed by atoms with Gasteiger partial charge >= 0.3 is 23.5 Å². The van der Waals surface area contributed by atoms with E-state index in [1.54, 1.807) is 0 Å². The van der Waals surface area contributed by atoms with Crippen molar-refractivity contribution in [3.8, 4) is 0 Å². The fourth-order valence-electron chi connectivity index (χ4n) is 2.86. The Kier molecular flexibility index (Phi) is 6.97. The number of azide groups is 1. The Morgan fingerprint density at radius 3 is 2.58 bits per heavy atom. The van der Waals surface area contributed by atoms with Gasteiger partial charge in [0.05, 0.1) is 19.0 Å². The number of aliphatic hydroxyl groups is 1. The molecule has 0 amide bonds. The number of hydrogen-bond acceptors (Lipinski definition) is 13. The standard InChI is InChI=1S/C10H15N8O12P3/c11-8-7-9(14-3-13-8)18(4-15-7)10(16-17-12)6(19)1-5(28-10)2-27-32(23,24)30-33(25,26)29-31(20,21)22/h3-6,19H,1-2H2,(H,23,24)(H,25,26)(H2,11,13,14)(H2,20,21,22)/t5-,6+,10-/m0/s1. The summed E-state index contributed by atoms with van der Waals surface area (Å²) in [5.41, 5.74) is 14.8. The monoisotopic (exact) mass is 532 g/mol. The zero-order valence-corrected chi connectivity index (χ0v) is 18.6. The molecule has 182 valence electrons. The lowest BCUT2D eigenvalue weighted by atomic mass is 10.1. The first kappa shape index (κ1) is 25.6. The third kappa shape index (κ3) is 5.74. The molecule has 23 heteroatoms. The number of phosphoric ester groups is 1. The van der Waals surface area contributed by atoms with Crippen molar-refractivity contribution in [2.45, 2.75) is 24.5 Å². The molecule has 2 unspecified atom stereocenters.